The van der Waals surface area contributed by atoms with Crippen molar-refractivity contribution in [2.45, 2.75) is 58.8 Å². The van der Waals surface area contributed by atoms with Crippen LogP contribution in [0.2, 0.25) is 0 Å². The number of unbranched alkanes of at least 4 members (excludes halogenated alkanes) is 3. The Morgan fingerprint density at radius 1 is 0.857 bits per heavy atom. The quantitative estimate of drug-likeness (QED) is 0.583. The predicted molar refractivity (Wildman–Crippen MR) is 92.3 cm³/mol. The van der Waals surface area contributed by atoms with E-state index in [4.69, 9.17) is 4.74 Å². The molecule has 1 heteroatoms. The largest absolute Gasteiger partial charge is 0.493 e. The van der Waals surface area contributed by atoms with Crippen molar-refractivity contribution < 1.29 is 4.74 Å². The Morgan fingerprint density at radius 3 is 2.29 bits per heavy atom. The Bertz CT molecular complexity index is 578. The molecule has 0 aliphatic carbocycles. The van der Waals surface area contributed by atoms with Gasteiger partial charge in [-0.05, 0) is 28.9 Å². The maximum Gasteiger partial charge on any atom is 0.127 e. The lowest BCUT2D eigenvalue weighted by atomic mass is 9.83. The molecule has 0 saturated heterocycles. The second-order valence-corrected chi connectivity index (χ2v) is 6.82. The Morgan fingerprint density at radius 2 is 1.57 bits per heavy atom. The minimum Gasteiger partial charge on any atom is -0.493 e. The smallest absolute Gasteiger partial charge is 0.127 e. The first-order valence-electron chi connectivity index (χ1n) is 8.19. The van der Waals surface area contributed by atoms with Crippen LogP contribution >= 0.6 is 0 Å². The van der Waals surface area contributed by atoms with Crippen molar-refractivity contribution >= 4 is 10.8 Å². The molecule has 0 radical (unpaired) electrons. The van der Waals surface area contributed by atoms with Crippen LogP contribution in [0.15, 0.2) is 36.4 Å². The zero-order valence-corrected chi connectivity index (χ0v) is 13.9. The summed E-state index contributed by atoms with van der Waals surface area (Å²) in [5.74, 6) is 1.02. The second-order valence-electron chi connectivity index (χ2n) is 6.82. The molecule has 0 aromatic heterocycles. The number of rotatable bonds is 6. The molecule has 1 nitrogen and oxygen atoms in total. The first-order chi connectivity index (χ1) is 10.0. The van der Waals surface area contributed by atoms with Gasteiger partial charge in [-0.15, -0.1) is 0 Å². The van der Waals surface area contributed by atoms with Gasteiger partial charge >= 0.3 is 0 Å². The van der Waals surface area contributed by atoms with E-state index < -0.39 is 0 Å². The van der Waals surface area contributed by atoms with Gasteiger partial charge in [0.15, 0.2) is 0 Å². The maximum atomic E-state index is 6.03. The molecule has 0 N–H and O–H groups in total. The standard InChI is InChI=1S/C20H28O/c1-5-6-7-8-15-21-19-14-10-11-16-17(19)12-9-13-18(16)20(2,3)4/h9-14H,5-8,15H2,1-4H3. The summed E-state index contributed by atoms with van der Waals surface area (Å²) in [5.41, 5.74) is 1.54. The van der Waals surface area contributed by atoms with Gasteiger partial charge in [0.05, 0.1) is 6.61 Å². The number of ether oxygens (including phenoxy) is 1. The molecule has 0 heterocycles. The Hall–Kier alpha value is -1.50. The van der Waals surface area contributed by atoms with E-state index in [1.807, 2.05) is 0 Å². The van der Waals surface area contributed by atoms with E-state index in [9.17, 15) is 0 Å². The molecule has 0 bridgehead atoms. The second kappa shape index (κ2) is 6.98. The molecule has 21 heavy (non-hydrogen) atoms. The minimum atomic E-state index is 0.152. The van der Waals surface area contributed by atoms with E-state index in [1.54, 1.807) is 0 Å². The number of benzene rings is 2. The van der Waals surface area contributed by atoms with Crippen molar-refractivity contribution in [2.75, 3.05) is 6.61 Å². The van der Waals surface area contributed by atoms with Crippen molar-refractivity contribution in [3.05, 3.63) is 42.0 Å². The van der Waals surface area contributed by atoms with Crippen LogP contribution in [0.1, 0.15) is 58.9 Å². The van der Waals surface area contributed by atoms with Crippen molar-refractivity contribution in [3.63, 3.8) is 0 Å². The first-order valence-corrected chi connectivity index (χ1v) is 8.19. The van der Waals surface area contributed by atoms with E-state index in [0.29, 0.717) is 0 Å². The van der Waals surface area contributed by atoms with Crippen molar-refractivity contribution in [2.24, 2.45) is 0 Å². The first kappa shape index (κ1) is 15.9. The zero-order chi connectivity index (χ0) is 15.3. The molecule has 2 rings (SSSR count). The average Bonchev–Trinajstić information content (AvgIpc) is 2.45. The van der Waals surface area contributed by atoms with Gasteiger partial charge in [-0.2, -0.15) is 0 Å². The molecule has 0 saturated carbocycles. The van der Waals surface area contributed by atoms with Crippen LogP contribution in [-0.4, -0.2) is 6.61 Å². The maximum absolute atomic E-state index is 6.03. The molecule has 0 fully saturated rings. The molecule has 0 aliphatic rings. The van der Waals surface area contributed by atoms with Crippen LogP contribution in [0, 0.1) is 0 Å². The highest BCUT2D eigenvalue weighted by atomic mass is 16.5. The molecular weight excluding hydrogens is 256 g/mol. The van der Waals surface area contributed by atoms with Gasteiger partial charge in [0.25, 0.3) is 0 Å². The molecule has 2 aromatic carbocycles. The van der Waals surface area contributed by atoms with Gasteiger partial charge in [0, 0.05) is 5.39 Å². The summed E-state index contributed by atoms with van der Waals surface area (Å²) in [5, 5.41) is 2.55. The van der Waals surface area contributed by atoms with Crippen molar-refractivity contribution in [1.29, 1.82) is 0 Å². The van der Waals surface area contributed by atoms with Gasteiger partial charge in [0.2, 0.25) is 0 Å². The van der Waals surface area contributed by atoms with Gasteiger partial charge in [-0.1, -0.05) is 77.3 Å². The van der Waals surface area contributed by atoms with E-state index in [2.05, 4.69) is 64.1 Å². The minimum absolute atomic E-state index is 0.152. The summed E-state index contributed by atoms with van der Waals surface area (Å²) >= 11 is 0. The third-order valence-corrected chi connectivity index (χ3v) is 3.95. The predicted octanol–water partition coefficient (Wildman–Crippen LogP) is 6.10. The third-order valence-electron chi connectivity index (χ3n) is 3.95. The van der Waals surface area contributed by atoms with E-state index >= 15 is 0 Å². The summed E-state index contributed by atoms with van der Waals surface area (Å²) < 4.78 is 6.03. The number of hydrogen-bond acceptors (Lipinski definition) is 1. The lowest BCUT2D eigenvalue weighted by molar-refractivity contribution is 0.308. The molecule has 0 unspecified atom stereocenters. The number of hydrogen-bond donors (Lipinski definition) is 0. The van der Waals surface area contributed by atoms with Crippen molar-refractivity contribution in [3.8, 4) is 5.75 Å². The van der Waals surface area contributed by atoms with Gasteiger partial charge in [0.1, 0.15) is 5.75 Å². The topological polar surface area (TPSA) is 9.23 Å². The third kappa shape index (κ3) is 4.00. The summed E-state index contributed by atoms with van der Waals surface area (Å²) in [6.45, 7) is 9.85. The lowest BCUT2D eigenvalue weighted by Gasteiger charge is -2.22. The Labute approximate surface area is 129 Å². The highest BCUT2D eigenvalue weighted by Gasteiger charge is 2.17. The monoisotopic (exact) mass is 284 g/mol. The molecule has 114 valence electrons. The van der Waals surface area contributed by atoms with Gasteiger partial charge in [-0.25, -0.2) is 0 Å². The van der Waals surface area contributed by atoms with Crippen molar-refractivity contribution in [1.82, 2.24) is 0 Å². The average molecular weight is 284 g/mol. The fourth-order valence-corrected chi connectivity index (χ4v) is 2.77. The zero-order valence-electron chi connectivity index (χ0n) is 13.9. The Kier molecular flexibility index (Phi) is 5.27. The molecule has 0 atom stereocenters. The fourth-order valence-electron chi connectivity index (χ4n) is 2.77. The summed E-state index contributed by atoms with van der Waals surface area (Å²) in [6, 6.07) is 13.0. The molecule has 2 aromatic rings. The van der Waals surface area contributed by atoms with Crippen LogP contribution in [0.3, 0.4) is 0 Å². The summed E-state index contributed by atoms with van der Waals surface area (Å²) in [6.07, 6.45) is 4.97. The fraction of sp³-hybridized carbons (Fsp3) is 0.500. The van der Waals surface area contributed by atoms with Crippen LogP contribution in [0.5, 0.6) is 5.75 Å². The van der Waals surface area contributed by atoms with Crippen LogP contribution in [-0.2, 0) is 5.41 Å². The van der Waals surface area contributed by atoms with E-state index in [0.717, 1.165) is 18.8 Å². The summed E-state index contributed by atoms with van der Waals surface area (Å²) in [7, 11) is 0. The number of fused-ring (bicyclic) bond motifs is 1. The molecule has 0 aliphatic heterocycles. The lowest BCUT2D eigenvalue weighted by Crippen LogP contribution is -2.11. The summed E-state index contributed by atoms with van der Waals surface area (Å²) in [4.78, 5) is 0. The highest BCUT2D eigenvalue weighted by molar-refractivity contribution is 5.91. The van der Waals surface area contributed by atoms with Crippen LogP contribution in [0.4, 0.5) is 0 Å². The van der Waals surface area contributed by atoms with Crippen LogP contribution < -0.4 is 4.74 Å². The molecule has 0 amide bonds. The normalized spacial score (nSPS) is 11.8. The van der Waals surface area contributed by atoms with Gasteiger partial charge < -0.3 is 4.74 Å². The highest BCUT2D eigenvalue weighted by Crippen LogP contribution is 2.34. The van der Waals surface area contributed by atoms with Gasteiger partial charge in [-0.3, -0.25) is 0 Å². The molecule has 0 spiro atoms. The van der Waals surface area contributed by atoms with E-state index in [1.165, 1.54) is 35.6 Å². The SMILES string of the molecule is CCCCCCOc1cccc2c(C(C)(C)C)cccc12. The molecular formula is C20H28O. The van der Waals surface area contributed by atoms with E-state index in [-0.39, 0.29) is 5.41 Å². The Balaban J connectivity index is 2.22. The van der Waals surface area contributed by atoms with Crippen LogP contribution in [0.25, 0.3) is 10.8 Å².